The first-order valence-corrected chi connectivity index (χ1v) is 7.88. The molecule has 0 saturated heterocycles. The van der Waals surface area contributed by atoms with Gasteiger partial charge in [0.05, 0.1) is 17.3 Å². The van der Waals surface area contributed by atoms with Crippen LogP contribution in [0.3, 0.4) is 0 Å². The van der Waals surface area contributed by atoms with Crippen LogP contribution in [0.15, 0.2) is 22.7 Å². The Morgan fingerprint density at radius 3 is 2.65 bits per heavy atom. The minimum atomic E-state index is -2.91. The summed E-state index contributed by atoms with van der Waals surface area (Å²) in [4.78, 5) is 0. The van der Waals surface area contributed by atoms with Crippen molar-refractivity contribution in [3.05, 3.63) is 22.7 Å². The fraction of sp³-hybridized carbons (Fsp3) is 0.455. The van der Waals surface area contributed by atoms with Gasteiger partial charge in [-0.2, -0.15) is 0 Å². The summed E-state index contributed by atoms with van der Waals surface area (Å²) >= 11 is 3.37. The first kappa shape index (κ1) is 14.3. The number of hydrogen-bond acceptors (Lipinski definition) is 4. The van der Waals surface area contributed by atoms with Crippen LogP contribution < -0.4 is 10.1 Å². The first-order chi connectivity index (χ1) is 7.98. The van der Waals surface area contributed by atoms with E-state index >= 15 is 0 Å². The highest BCUT2D eigenvalue weighted by Crippen LogP contribution is 2.27. The molecular formula is C11H16BrNO3S. The molecule has 0 aliphatic rings. The zero-order valence-electron chi connectivity index (χ0n) is 9.86. The molecule has 0 radical (unpaired) electrons. The molecule has 0 heterocycles. The van der Waals surface area contributed by atoms with Crippen molar-refractivity contribution in [3.63, 3.8) is 0 Å². The maximum absolute atomic E-state index is 11.3. The van der Waals surface area contributed by atoms with Crippen LogP contribution in [-0.2, 0) is 9.84 Å². The van der Waals surface area contributed by atoms with Crippen molar-refractivity contribution in [3.8, 4) is 5.75 Å². The highest BCUT2D eigenvalue weighted by molar-refractivity contribution is 9.10. The normalized spacial score (nSPS) is 11.2. The number of rotatable bonds is 6. The molecule has 0 spiro atoms. The fourth-order valence-electron chi connectivity index (χ4n) is 1.27. The molecule has 0 aromatic heterocycles. The van der Waals surface area contributed by atoms with Crippen molar-refractivity contribution in [1.82, 2.24) is 0 Å². The quantitative estimate of drug-likeness (QED) is 0.873. The molecule has 4 nitrogen and oxygen atoms in total. The molecule has 0 bridgehead atoms. The Balaban J connectivity index is 2.56. The maximum Gasteiger partial charge on any atom is 0.151 e. The molecule has 1 aromatic carbocycles. The molecule has 96 valence electrons. The highest BCUT2D eigenvalue weighted by Gasteiger charge is 2.07. The molecule has 1 aromatic rings. The van der Waals surface area contributed by atoms with E-state index in [1.165, 1.54) is 0 Å². The number of hydrogen-bond donors (Lipinski definition) is 1. The van der Waals surface area contributed by atoms with Gasteiger partial charge in [-0.15, -0.1) is 0 Å². The van der Waals surface area contributed by atoms with Gasteiger partial charge in [0.25, 0.3) is 0 Å². The largest absolute Gasteiger partial charge is 0.496 e. The predicted octanol–water partition coefficient (Wildman–Crippen LogP) is 2.30. The van der Waals surface area contributed by atoms with E-state index in [0.29, 0.717) is 6.54 Å². The summed E-state index contributed by atoms with van der Waals surface area (Å²) in [7, 11) is -1.31. The van der Waals surface area contributed by atoms with E-state index in [2.05, 4.69) is 21.2 Å². The summed E-state index contributed by atoms with van der Waals surface area (Å²) in [6.45, 7) is 2.06. The molecule has 0 aliphatic carbocycles. The standard InChI is InChI=1S/C11H16BrNO3S/c1-3-17(14,15)7-6-13-9-4-5-11(16-2)10(12)8-9/h4-5,8,13H,3,6-7H2,1-2H3. The van der Waals surface area contributed by atoms with Crippen LogP contribution in [0.25, 0.3) is 0 Å². The van der Waals surface area contributed by atoms with Gasteiger partial charge in [0.15, 0.2) is 9.84 Å². The van der Waals surface area contributed by atoms with E-state index in [1.807, 2.05) is 18.2 Å². The molecule has 0 fully saturated rings. The van der Waals surface area contributed by atoms with Crippen molar-refractivity contribution in [1.29, 1.82) is 0 Å². The van der Waals surface area contributed by atoms with E-state index in [9.17, 15) is 8.42 Å². The lowest BCUT2D eigenvalue weighted by Gasteiger charge is -2.09. The number of nitrogens with one attached hydrogen (secondary N) is 1. The molecule has 0 amide bonds. The van der Waals surface area contributed by atoms with Crippen LogP contribution in [0, 0.1) is 0 Å². The van der Waals surface area contributed by atoms with Crippen molar-refractivity contribution < 1.29 is 13.2 Å². The van der Waals surface area contributed by atoms with Gasteiger partial charge in [-0.25, -0.2) is 8.42 Å². The molecular weight excluding hydrogens is 306 g/mol. The summed E-state index contributed by atoms with van der Waals surface area (Å²) < 4.78 is 28.5. The van der Waals surface area contributed by atoms with Gasteiger partial charge >= 0.3 is 0 Å². The van der Waals surface area contributed by atoms with E-state index in [1.54, 1.807) is 14.0 Å². The Hall–Kier alpha value is -0.750. The second kappa shape index (κ2) is 6.26. The monoisotopic (exact) mass is 321 g/mol. The molecule has 0 atom stereocenters. The van der Waals surface area contributed by atoms with Crippen LogP contribution in [0.1, 0.15) is 6.92 Å². The van der Waals surface area contributed by atoms with Gasteiger partial charge in [-0.05, 0) is 34.1 Å². The van der Waals surface area contributed by atoms with Crippen LogP contribution in [0.4, 0.5) is 5.69 Å². The predicted molar refractivity (Wildman–Crippen MR) is 73.5 cm³/mol. The molecule has 0 aliphatic heterocycles. The van der Waals surface area contributed by atoms with Crippen molar-refractivity contribution >= 4 is 31.5 Å². The minimum Gasteiger partial charge on any atom is -0.496 e. The number of benzene rings is 1. The number of sulfone groups is 1. The van der Waals surface area contributed by atoms with Gasteiger partial charge < -0.3 is 10.1 Å². The number of ether oxygens (including phenoxy) is 1. The van der Waals surface area contributed by atoms with E-state index in [0.717, 1.165) is 15.9 Å². The van der Waals surface area contributed by atoms with Crippen molar-refractivity contribution in [2.45, 2.75) is 6.92 Å². The Morgan fingerprint density at radius 1 is 1.41 bits per heavy atom. The van der Waals surface area contributed by atoms with E-state index in [-0.39, 0.29) is 11.5 Å². The van der Waals surface area contributed by atoms with Crippen LogP contribution in [0.2, 0.25) is 0 Å². The molecule has 0 saturated carbocycles. The average Bonchev–Trinajstić information content (AvgIpc) is 2.29. The topological polar surface area (TPSA) is 55.4 Å². The SMILES string of the molecule is CCS(=O)(=O)CCNc1ccc(OC)c(Br)c1. The van der Waals surface area contributed by atoms with Gasteiger partial charge in [0, 0.05) is 18.0 Å². The highest BCUT2D eigenvalue weighted by atomic mass is 79.9. The number of methoxy groups -OCH3 is 1. The summed E-state index contributed by atoms with van der Waals surface area (Å²) in [5.74, 6) is 1.07. The second-order valence-corrected chi connectivity index (χ2v) is 6.84. The second-order valence-electron chi connectivity index (χ2n) is 3.51. The van der Waals surface area contributed by atoms with E-state index < -0.39 is 9.84 Å². The fourth-order valence-corrected chi connectivity index (χ4v) is 2.51. The lowest BCUT2D eigenvalue weighted by atomic mass is 10.3. The molecule has 1 N–H and O–H groups in total. The zero-order valence-corrected chi connectivity index (χ0v) is 12.3. The zero-order chi connectivity index (χ0) is 12.9. The van der Waals surface area contributed by atoms with Crippen molar-refractivity contribution in [2.24, 2.45) is 0 Å². The third-order valence-electron chi connectivity index (χ3n) is 2.33. The van der Waals surface area contributed by atoms with Crippen molar-refractivity contribution in [2.75, 3.05) is 30.5 Å². The van der Waals surface area contributed by atoms with E-state index in [4.69, 9.17) is 4.74 Å². The third kappa shape index (κ3) is 4.55. The Bertz CT molecular complexity index is 474. The number of anilines is 1. The maximum atomic E-state index is 11.3. The molecule has 0 unspecified atom stereocenters. The lowest BCUT2D eigenvalue weighted by Crippen LogP contribution is -2.17. The summed E-state index contributed by atoms with van der Waals surface area (Å²) in [6.07, 6.45) is 0. The Labute approximate surface area is 110 Å². The van der Waals surface area contributed by atoms with Crippen LogP contribution >= 0.6 is 15.9 Å². The van der Waals surface area contributed by atoms with Gasteiger partial charge in [-0.3, -0.25) is 0 Å². The number of halogens is 1. The van der Waals surface area contributed by atoms with Gasteiger partial charge in [-0.1, -0.05) is 6.92 Å². The third-order valence-corrected chi connectivity index (χ3v) is 4.66. The summed E-state index contributed by atoms with van der Waals surface area (Å²) in [6, 6.07) is 5.53. The van der Waals surface area contributed by atoms with Gasteiger partial charge in [0.1, 0.15) is 5.75 Å². The van der Waals surface area contributed by atoms with Crippen LogP contribution in [-0.4, -0.2) is 33.6 Å². The van der Waals surface area contributed by atoms with Gasteiger partial charge in [0.2, 0.25) is 0 Å². The average molecular weight is 322 g/mol. The lowest BCUT2D eigenvalue weighted by molar-refractivity contribution is 0.412. The summed E-state index contributed by atoms with van der Waals surface area (Å²) in [5.41, 5.74) is 0.865. The molecule has 17 heavy (non-hydrogen) atoms. The summed E-state index contributed by atoms with van der Waals surface area (Å²) in [5, 5.41) is 3.06. The van der Waals surface area contributed by atoms with Crippen LogP contribution in [0.5, 0.6) is 5.75 Å². The molecule has 6 heteroatoms. The molecule has 1 rings (SSSR count). The Morgan fingerprint density at radius 2 is 2.12 bits per heavy atom. The first-order valence-electron chi connectivity index (χ1n) is 5.26. The smallest absolute Gasteiger partial charge is 0.151 e. The Kier molecular flexibility index (Phi) is 5.27. The minimum absolute atomic E-state index is 0.146.